The molecular weight excluding hydrogens is 208 g/mol. The maximum absolute atomic E-state index is 11.5. The predicted molar refractivity (Wildman–Crippen MR) is 74.0 cm³/mol. The Kier molecular flexibility index (Phi) is 4.22. The van der Waals surface area contributed by atoms with Gasteiger partial charge in [-0.15, -0.1) is 0 Å². The fourth-order valence-electron chi connectivity index (χ4n) is 2.75. The molecule has 1 heteroatoms. The summed E-state index contributed by atoms with van der Waals surface area (Å²) in [6.45, 7) is 14.7. The molecule has 0 aromatic heterocycles. The highest BCUT2D eigenvalue weighted by molar-refractivity contribution is 5.81. The summed E-state index contributed by atoms with van der Waals surface area (Å²) in [5.74, 6) is 1.01. The largest absolute Gasteiger partial charge is 0.299 e. The molecule has 0 bridgehead atoms. The van der Waals surface area contributed by atoms with Crippen LogP contribution in [0.15, 0.2) is 12.2 Å². The number of rotatable bonds is 4. The van der Waals surface area contributed by atoms with E-state index in [0.29, 0.717) is 11.7 Å². The zero-order chi connectivity index (χ0) is 13.3. The summed E-state index contributed by atoms with van der Waals surface area (Å²) in [7, 11) is 0. The van der Waals surface area contributed by atoms with Crippen molar-refractivity contribution in [2.75, 3.05) is 0 Å². The fraction of sp³-hybridized carbons (Fsp3) is 0.812. The van der Waals surface area contributed by atoms with Crippen molar-refractivity contribution in [1.29, 1.82) is 0 Å². The summed E-state index contributed by atoms with van der Waals surface area (Å²) in [5.41, 5.74) is 1.49. The molecule has 0 aliphatic heterocycles. The molecule has 0 spiro atoms. The number of hydrogen-bond acceptors (Lipinski definition) is 1. The molecule has 0 N–H and O–H groups in total. The van der Waals surface area contributed by atoms with E-state index in [1.807, 2.05) is 0 Å². The molecule has 1 unspecified atom stereocenters. The van der Waals surface area contributed by atoms with Gasteiger partial charge in [-0.2, -0.15) is 0 Å². The van der Waals surface area contributed by atoms with Crippen molar-refractivity contribution in [2.24, 2.45) is 16.7 Å². The molecule has 98 valence electrons. The van der Waals surface area contributed by atoms with Gasteiger partial charge in [0.15, 0.2) is 0 Å². The van der Waals surface area contributed by atoms with Gasteiger partial charge in [-0.1, -0.05) is 39.8 Å². The highest BCUT2D eigenvalue weighted by Crippen LogP contribution is 2.46. The third-order valence-corrected chi connectivity index (χ3v) is 5.03. The summed E-state index contributed by atoms with van der Waals surface area (Å²) < 4.78 is 0. The number of carbonyl (C=O) groups is 1. The lowest BCUT2D eigenvalue weighted by Crippen LogP contribution is -2.32. The summed E-state index contributed by atoms with van der Waals surface area (Å²) >= 11 is 0. The Morgan fingerprint density at radius 1 is 1.47 bits per heavy atom. The molecule has 0 saturated heterocycles. The van der Waals surface area contributed by atoms with Crippen LogP contribution in [0.25, 0.3) is 0 Å². The van der Waals surface area contributed by atoms with Gasteiger partial charge in [0.2, 0.25) is 0 Å². The van der Waals surface area contributed by atoms with Gasteiger partial charge in [-0.05, 0) is 50.4 Å². The van der Waals surface area contributed by atoms with Crippen molar-refractivity contribution in [3.63, 3.8) is 0 Å². The van der Waals surface area contributed by atoms with E-state index in [1.54, 1.807) is 6.92 Å². The van der Waals surface area contributed by atoms with Crippen molar-refractivity contribution >= 4 is 5.78 Å². The smallest absolute Gasteiger partial charge is 0.135 e. The lowest BCUT2D eigenvalue weighted by Gasteiger charge is -2.41. The van der Waals surface area contributed by atoms with Gasteiger partial charge in [-0.25, -0.2) is 0 Å². The quantitative estimate of drug-likeness (QED) is 0.643. The highest BCUT2D eigenvalue weighted by atomic mass is 16.1. The number of carbonyl (C=O) groups excluding carboxylic acids is 1. The molecule has 1 saturated carbocycles. The normalized spacial score (nSPS) is 24.8. The first kappa shape index (κ1) is 14.5. The fourth-order valence-corrected chi connectivity index (χ4v) is 2.75. The lowest BCUT2D eigenvalue weighted by molar-refractivity contribution is -0.125. The topological polar surface area (TPSA) is 17.1 Å². The van der Waals surface area contributed by atoms with Crippen LogP contribution >= 0.6 is 0 Å². The van der Waals surface area contributed by atoms with E-state index in [-0.39, 0.29) is 10.8 Å². The number of hydrogen-bond donors (Lipinski definition) is 0. The van der Waals surface area contributed by atoms with Crippen LogP contribution in [0.2, 0.25) is 0 Å². The molecule has 1 fully saturated rings. The number of allylic oxidation sites excluding steroid dienone is 1. The van der Waals surface area contributed by atoms with Crippen molar-refractivity contribution in [2.45, 2.75) is 66.7 Å². The summed E-state index contributed by atoms with van der Waals surface area (Å²) in [6, 6.07) is 0. The lowest BCUT2D eigenvalue weighted by atomic mass is 9.63. The summed E-state index contributed by atoms with van der Waals surface area (Å²) in [5, 5.41) is 0. The van der Waals surface area contributed by atoms with Gasteiger partial charge in [0.25, 0.3) is 0 Å². The summed E-state index contributed by atoms with van der Waals surface area (Å²) in [6.07, 6.45) is 5.90. The minimum Gasteiger partial charge on any atom is -0.299 e. The van der Waals surface area contributed by atoms with E-state index in [2.05, 4.69) is 34.3 Å². The third-order valence-electron chi connectivity index (χ3n) is 5.03. The standard InChI is InChI=1S/C16H28O/c1-12-8-7-9-14(16(12,5)6)10-11-15(3,4)13(2)17/h14H,1,7-11H2,2-6H3. The van der Waals surface area contributed by atoms with E-state index >= 15 is 0 Å². The average molecular weight is 236 g/mol. The van der Waals surface area contributed by atoms with E-state index in [0.717, 1.165) is 12.8 Å². The van der Waals surface area contributed by atoms with Gasteiger partial charge in [0.1, 0.15) is 5.78 Å². The molecule has 0 amide bonds. The Morgan fingerprint density at radius 3 is 2.59 bits per heavy atom. The van der Waals surface area contributed by atoms with Gasteiger partial charge in [0.05, 0.1) is 0 Å². The molecule has 0 radical (unpaired) electrons. The van der Waals surface area contributed by atoms with Crippen LogP contribution in [0, 0.1) is 16.7 Å². The number of ketones is 1. The van der Waals surface area contributed by atoms with E-state index in [1.165, 1.54) is 24.8 Å². The molecular formula is C16H28O. The minimum absolute atomic E-state index is 0.158. The Balaban J connectivity index is 2.63. The first-order valence-electron chi connectivity index (χ1n) is 6.87. The van der Waals surface area contributed by atoms with Crippen LogP contribution in [-0.2, 0) is 4.79 Å². The van der Waals surface area contributed by atoms with Crippen molar-refractivity contribution in [3.8, 4) is 0 Å². The van der Waals surface area contributed by atoms with Crippen LogP contribution in [0.5, 0.6) is 0 Å². The molecule has 1 atom stereocenters. The van der Waals surface area contributed by atoms with Crippen molar-refractivity contribution < 1.29 is 4.79 Å². The van der Waals surface area contributed by atoms with Crippen LogP contribution in [0.4, 0.5) is 0 Å². The molecule has 17 heavy (non-hydrogen) atoms. The maximum Gasteiger partial charge on any atom is 0.135 e. The average Bonchev–Trinajstić information content (AvgIpc) is 2.20. The van der Waals surface area contributed by atoms with Crippen LogP contribution in [-0.4, -0.2) is 5.78 Å². The Labute approximate surface area is 107 Å². The Hall–Kier alpha value is -0.590. The Bertz CT molecular complexity index is 309. The number of Topliss-reactive ketones (excluding diaryl/α,β-unsaturated/α-hetero) is 1. The van der Waals surface area contributed by atoms with Crippen LogP contribution < -0.4 is 0 Å². The third kappa shape index (κ3) is 3.20. The molecule has 0 aromatic carbocycles. The van der Waals surface area contributed by atoms with Crippen LogP contribution in [0.1, 0.15) is 66.7 Å². The SMILES string of the molecule is C=C1CCCC(CCC(C)(C)C(C)=O)C1(C)C. The molecule has 0 heterocycles. The van der Waals surface area contributed by atoms with Gasteiger partial charge in [0, 0.05) is 5.41 Å². The van der Waals surface area contributed by atoms with Gasteiger partial charge in [-0.3, -0.25) is 4.79 Å². The van der Waals surface area contributed by atoms with E-state index in [4.69, 9.17) is 0 Å². The van der Waals surface area contributed by atoms with Crippen molar-refractivity contribution in [1.82, 2.24) is 0 Å². The van der Waals surface area contributed by atoms with Crippen LogP contribution in [0.3, 0.4) is 0 Å². The first-order chi connectivity index (χ1) is 7.68. The minimum atomic E-state index is -0.158. The maximum atomic E-state index is 11.5. The van der Waals surface area contributed by atoms with E-state index < -0.39 is 0 Å². The second-order valence-electron chi connectivity index (χ2n) is 6.89. The monoisotopic (exact) mass is 236 g/mol. The zero-order valence-corrected chi connectivity index (χ0v) is 12.2. The van der Waals surface area contributed by atoms with Crippen molar-refractivity contribution in [3.05, 3.63) is 12.2 Å². The van der Waals surface area contributed by atoms with E-state index in [9.17, 15) is 4.79 Å². The predicted octanol–water partition coefficient (Wildman–Crippen LogP) is 4.76. The highest BCUT2D eigenvalue weighted by Gasteiger charge is 2.36. The van der Waals surface area contributed by atoms with Gasteiger partial charge < -0.3 is 0 Å². The summed E-state index contributed by atoms with van der Waals surface area (Å²) in [4.78, 5) is 11.5. The molecule has 0 aromatic rings. The Morgan fingerprint density at radius 2 is 2.06 bits per heavy atom. The molecule has 1 aliphatic rings. The second kappa shape index (κ2) is 4.96. The second-order valence-corrected chi connectivity index (χ2v) is 6.89. The van der Waals surface area contributed by atoms with Gasteiger partial charge >= 0.3 is 0 Å². The molecule has 1 nitrogen and oxygen atoms in total. The molecule has 1 rings (SSSR count). The zero-order valence-electron chi connectivity index (χ0n) is 12.2. The molecule has 1 aliphatic carbocycles. The first-order valence-corrected chi connectivity index (χ1v) is 6.87.